The molecule has 1 N–H and O–H groups in total. The van der Waals surface area contributed by atoms with Crippen LogP contribution in [-0.2, 0) is 11.2 Å². The Kier molecular flexibility index (Phi) is 4.46. The predicted octanol–water partition coefficient (Wildman–Crippen LogP) is 3.37. The zero-order valence-corrected chi connectivity index (χ0v) is 13.4. The molecule has 0 aromatic heterocycles. The van der Waals surface area contributed by atoms with Crippen LogP contribution < -0.4 is 10.2 Å². The fourth-order valence-electron chi connectivity index (χ4n) is 3.08. The standard InChI is InChI=1S/C18H19N3O3/c1-13(20-12-6-8-14-7-2-4-10-16(14)20)18(22)19-15-9-3-5-11-17(15)21(23)24/h2-5,7,9-11,13H,6,8,12H2,1H3,(H,19,22)/t13-/m1/s1. The fourth-order valence-corrected chi connectivity index (χ4v) is 3.08. The number of nitrogens with zero attached hydrogens (tertiary/aromatic N) is 2. The predicted molar refractivity (Wildman–Crippen MR) is 93.3 cm³/mol. The zero-order valence-electron chi connectivity index (χ0n) is 13.4. The van der Waals surface area contributed by atoms with E-state index in [4.69, 9.17) is 0 Å². The summed E-state index contributed by atoms with van der Waals surface area (Å²) < 4.78 is 0. The van der Waals surface area contributed by atoms with E-state index in [-0.39, 0.29) is 17.3 Å². The van der Waals surface area contributed by atoms with Crippen LogP contribution in [0.3, 0.4) is 0 Å². The topological polar surface area (TPSA) is 75.5 Å². The van der Waals surface area contributed by atoms with Crippen LogP contribution in [-0.4, -0.2) is 23.4 Å². The molecule has 1 aliphatic rings. The van der Waals surface area contributed by atoms with Crippen LogP contribution in [0.1, 0.15) is 18.9 Å². The van der Waals surface area contributed by atoms with E-state index in [1.807, 2.05) is 25.1 Å². The molecule has 6 nitrogen and oxygen atoms in total. The van der Waals surface area contributed by atoms with Gasteiger partial charge in [0.05, 0.1) is 4.92 Å². The first-order valence-electron chi connectivity index (χ1n) is 7.97. The molecule has 1 heterocycles. The average Bonchev–Trinajstić information content (AvgIpc) is 2.61. The molecule has 1 atom stereocenters. The number of carbonyl (C=O) groups excluding carboxylic acids is 1. The first kappa shape index (κ1) is 16.0. The van der Waals surface area contributed by atoms with Gasteiger partial charge in [0.15, 0.2) is 0 Å². The summed E-state index contributed by atoms with van der Waals surface area (Å²) in [7, 11) is 0. The van der Waals surface area contributed by atoms with Gasteiger partial charge in [-0.2, -0.15) is 0 Å². The summed E-state index contributed by atoms with van der Waals surface area (Å²) in [5.74, 6) is -0.249. The number of nitrogens with one attached hydrogen (secondary N) is 1. The number of benzene rings is 2. The minimum Gasteiger partial charge on any atom is -0.360 e. The van der Waals surface area contributed by atoms with Crippen molar-refractivity contribution < 1.29 is 9.72 Å². The van der Waals surface area contributed by atoms with Gasteiger partial charge in [0, 0.05) is 18.3 Å². The lowest BCUT2D eigenvalue weighted by Crippen LogP contribution is -2.44. The van der Waals surface area contributed by atoms with Gasteiger partial charge in [0.2, 0.25) is 5.91 Å². The van der Waals surface area contributed by atoms with Crippen LogP contribution in [0.4, 0.5) is 17.1 Å². The third kappa shape index (κ3) is 3.08. The maximum atomic E-state index is 12.6. The summed E-state index contributed by atoms with van der Waals surface area (Å²) >= 11 is 0. The second-order valence-electron chi connectivity index (χ2n) is 5.87. The Bertz CT molecular complexity index is 776. The van der Waals surface area contributed by atoms with Crippen molar-refractivity contribution in [2.24, 2.45) is 0 Å². The van der Waals surface area contributed by atoms with Crippen LogP contribution in [0.25, 0.3) is 0 Å². The van der Waals surface area contributed by atoms with Crippen molar-refractivity contribution >= 4 is 23.0 Å². The number of anilines is 2. The van der Waals surface area contributed by atoms with Crippen LogP contribution >= 0.6 is 0 Å². The number of hydrogen-bond donors (Lipinski definition) is 1. The SMILES string of the molecule is C[C@H](C(=O)Nc1ccccc1[N+](=O)[O-])N1CCCc2ccccc21. The average molecular weight is 325 g/mol. The van der Waals surface area contributed by atoms with E-state index in [0.29, 0.717) is 0 Å². The fraction of sp³-hybridized carbons (Fsp3) is 0.278. The third-order valence-corrected chi connectivity index (χ3v) is 4.35. The van der Waals surface area contributed by atoms with Crippen molar-refractivity contribution in [3.05, 3.63) is 64.2 Å². The first-order valence-corrected chi connectivity index (χ1v) is 7.97. The number of nitro groups is 1. The van der Waals surface area contributed by atoms with Crippen LogP contribution in [0.15, 0.2) is 48.5 Å². The molecule has 2 aromatic carbocycles. The molecule has 1 amide bonds. The second kappa shape index (κ2) is 6.70. The van der Waals surface area contributed by atoms with Gasteiger partial charge < -0.3 is 10.2 Å². The number of nitro benzene ring substituents is 1. The second-order valence-corrected chi connectivity index (χ2v) is 5.87. The number of fused-ring (bicyclic) bond motifs is 1. The highest BCUT2D eigenvalue weighted by Gasteiger charge is 2.27. The molecule has 0 saturated heterocycles. The van der Waals surface area contributed by atoms with E-state index in [0.717, 1.165) is 25.1 Å². The Morgan fingerprint density at radius 3 is 2.71 bits per heavy atom. The van der Waals surface area contributed by atoms with E-state index in [1.54, 1.807) is 18.2 Å². The minimum atomic E-state index is -0.490. The van der Waals surface area contributed by atoms with Gasteiger partial charge in [-0.1, -0.05) is 30.3 Å². The maximum absolute atomic E-state index is 12.6. The molecular formula is C18H19N3O3. The zero-order chi connectivity index (χ0) is 17.1. The molecule has 1 aliphatic heterocycles. The van der Waals surface area contributed by atoms with E-state index in [1.165, 1.54) is 11.6 Å². The molecule has 6 heteroatoms. The Hall–Kier alpha value is -2.89. The van der Waals surface area contributed by atoms with Crippen molar-refractivity contribution in [2.75, 3.05) is 16.8 Å². The number of amides is 1. The lowest BCUT2D eigenvalue weighted by Gasteiger charge is -2.35. The summed E-state index contributed by atoms with van der Waals surface area (Å²) in [6, 6.07) is 13.8. The summed E-state index contributed by atoms with van der Waals surface area (Å²) in [5.41, 5.74) is 2.42. The van der Waals surface area contributed by atoms with Crippen molar-refractivity contribution in [3.8, 4) is 0 Å². The Balaban J connectivity index is 1.81. The summed E-state index contributed by atoms with van der Waals surface area (Å²) in [6.45, 7) is 2.62. The molecule has 3 rings (SSSR count). The monoisotopic (exact) mass is 325 g/mol. The Morgan fingerprint density at radius 1 is 1.21 bits per heavy atom. The van der Waals surface area contributed by atoms with E-state index in [9.17, 15) is 14.9 Å². The van der Waals surface area contributed by atoms with Crippen LogP contribution in [0.5, 0.6) is 0 Å². The molecular weight excluding hydrogens is 306 g/mol. The number of aryl methyl sites for hydroxylation is 1. The van der Waals surface area contributed by atoms with Gasteiger partial charge >= 0.3 is 0 Å². The van der Waals surface area contributed by atoms with Gasteiger partial charge in [0.1, 0.15) is 11.7 Å². The highest BCUT2D eigenvalue weighted by atomic mass is 16.6. The number of rotatable bonds is 4. The molecule has 124 valence electrons. The van der Waals surface area contributed by atoms with E-state index >= 15 is 0 Å². The normalized spacial score (nSPS) is 14.6. The molecule has 0 spiro atoms. The quantitative estimate of drug-likeness (QED) is 0.691. The van der Waals surface area contributed by atoms with Crippen molar-refractivity contribution in [1.29, 1.82) is 0 Å². The maximum Gasteiger partial charge on any atom is 0.292 e. The van der Waals surface area contributed by atoms with E-state index < -0.39 is 11.0 Å². The molecule has 0 bridgehead atoms. The summed E-state index contributed by atoms with van der Waals surface area (Å²) in [5, 5.41) is 13.8. The molecule has 0 unspecified atom stereocenters. The minimum absolute atomic E-state index is 0.0999. The molecule has 0 saturated carbocycles. The highest BCUT2D eigenvalue weighted by Crippen LogP contribution is 2.29. The lowest BCUT2D eigenvalue weighted by molar-refractivity contribution is -0.383. The van der Waals surface area contributed by atoms with Gasteiger partial charge in [0.25, 0.3) is 5.69 Å². The van der Waals surface area contributed by atoms with Gasteiger partial charge in [-0.05, 0) is 37.5 Å². The largest absolute Gasteiger partial charge is 0.360 e. The number of carbonyl (C=O) groups is 1. The summed E-state index contributed by atoms with van der Waals surface area (Å²) in [6.07, 6.45) is 1.99. The first-order chi connectivity index (χ1) is 11.6. The lowest BCUT2D eigenvalue weighted by atomic mass is 10.00. The molecule has 2 aromatic rings. The molecule has 0 radical (unpaired) electrons. The molecule has 0 aliphatic carbocycles. The molecule has 24 heavy (non-hydrogen) atoms. The van der Waals surface area contributed by atoms with Gasteiger partial charge in [-0.15, -0.1) is 0 Å². The highest BCUT2D eigenvalue weighted by molar-refractivity contribution is 5.98. The van der Waals surface area contributed by atoms with Gasteiger partial charge in [-0.25, -0.2) is 0 Å². The molecule has 0 fully saturated rings. The van der Waals surface area contributed by atoms with Crippen molar-refractivity contribution in [2.45, 2.75) is 25.8 Å². The van der Waals surface area contributed by atoms with Crippen LogP contribution in [0, 0.1) is 10.1 Å². The Morgan fingerprint density at radius 2 is 1.92 bits per heavy atom. The van der Waals surface area contributed by atoms with E-state index in [2.05, 4.69) is 16.3 Å². The summed E-state index contributed by atoms with van der Waals surface area (Å²) in [4.78, 5) is 25.3. The Labute approximate surface area is 140 Å². The van der Waals surface area contributed by atoms with Crippen molar-refractivity contribution in [1.82, 2.24) is 0 Å². The van der Waals surface area contributed by atoms with Crippen LogP contribution in [0.2, 0.25) is 0 Å². The van der Waals surface area contributed by atoms with Crippen molar-refractivity contribution in [3.63, 3.8) is 0 Å². The third-order valence-electron chi connectivity index (χ3n) is 4.35. The smallest absolute Gasteiger partial charge is 0.292 e. The van der Waals surface area contributed by atoms with Gasteiger partial charge in [-0.3, -0.25) is 14.9 Å². The number of para-hydroxylation sites is 3. The number of hydrogen-bond acceptors (Lipinski definition) is 4.